The van der Waals surface area contributed by atoms with Gasteiger partial charge in [-0.05, 0) is 26.7 Å². The molecule has 3 N–H and O–H groups in total. The van der Waals surface area contributed by atoms with Crippen LogP contribution >= 0.6 is 0 Å². The summed E-state index contributed by atoms with van der Waals surface area (Å²) in [4.78, 5) is 34.2. The van der Waals surface area contributed by atoms with E-state index in [0.29, 0.717) is 39.1 Å². The predicted octanol–water partition coefficient (Wildman–Crippen LogP) is 1.17. The first-order valence-corrected chi connectivity index (χ1v) is 8.72. The smallest absolute Gasteiger partial charge is 0.407 e. The lowest BCUT2D eigenvalue weighted by atomic mass is 10.3. The first-order valence-electron chi connectivity index (χ1n) is 8.72. The normalized spacial score (nSPS) is 10.2. The highest BCUT2D eigenvalue weighted by molar-refractivity contribution is 5.75. The number of rotatable bonds is 13. The van der Waals surface area contributed by atoms with Gasteiger partial charge < -0.3 is 30.2 Å². The third-order valence-electron chi connectivity index (χ3n) is 2.92. The van der Waals surface area contributed by atoms with Crippen LogP contribution in [0.1, 0.15) is 40.0 Å². The van der Waals surface area contributed by atoms with Gasteiger partial charge in [0, 0.05) is 32.7 Å². The number of hydrogen-bond acceptors (Lipinski definition) is 6. The number of carbonyl (C=O) groups excluding carboxylic acids is 3. The number of carbonyl (C=O) groups is 3. The molecule has 25 heavy (non-hydrogen) atoms. The van der Waals surface area contributed by atoms with Gasteiger partial charge in [-0.3, -0.25) is 4.79 Å². The van der Waals surface area contributed by atoms with Crippen LogP contribution in [-0.2, 0) is 19.0 Å². The van der Waals surface area contributed by atoms with Crippen LogP contribution in [0.15, 0.2) is 0 Å². The van der Waals surface area contributed by atoms with Gasteiger partial charge in [-0.25, -0.2) is 9.59 Å². The molecule has 0 spiro atoms. The molecule has 0 saturated carbocycles. The molecule has 9 heteroatoms. The maximum Gasteiger partial charge on any atom is 0.407 e. The summed E-state index contributed by atoms with van der Waals surface area (Å²) in [6.07, 6.45) is 0.0404. The van der Waals surface area contributed by atoms with Gasteiger partial charge in [-0.15, -0.1) is 0 Å². The number of amides is 3. The average molecular weight is 361 g/mol. The lowest BCUT2D eigenvalue weighted by molar-refractivity contribution is -0.121. The van der Waals surface area contributed by atoms with Crippen LogP contribution in [0.4, 0.5) is 9.59 Å². The minimum absolute atomic E-state index is 0.0286. The van der Waals surface area contributed by atoms with Gasteiger partial charge in [0.05, 0.1) is 0 Å². The molecule has 146 valence electrons. The molecular formula is C16H31N3O6. The summed E-state index contributed by atoms with van der Waals surface area (Å²) in [5.41, 5.74) is 0. The Kier molecular flexibility index (Phi) is 14.2. The van der Waals surface area contributed by atoms with Crippen molar-refractivity contribution < 1.29 is 28.6 Å². The highest BCUT2D eigenvalue weighted by Crippen LogP contribution is 2.00. The van der Waals surface area contributed by atoms with E-state index in [0.717, 1.165) is 6.42 Å². The fourth-order valence-electron chi connectivity index (χ4n) is 1.71. The van der Waals surface area contributed by atoms with Gasteiger partial charge in [0.25, 0.3) is 0 Å². The number of nitrogens with one attached hydrogen (secondary N) is 3. The number of hydrogen-bond donors (Lipinski definition) is 3. The van der Waals surface area contributed by atoms with Crippen molar-refractivity contribution >= 4 is 18.1 Å². The van der Waals surface area contributed by atoms with Crippen LogP contribution in [0, 0.1) is 0 Å². The first kappa shape index (κ1) is 23.0. The lowest BCUT2D eigenvalue weighted by Crippen LogP contribution is -2.34. The van der Waals surface area contributed by atoms with Gasteiger partial charge in [-0.2, -0.15) is 0 Å². The molecule has 9 nitrogen and oxygen atoms in total. The van der Waals surface area contributed by atoms with Gasteiger partial charge in [0.1, 0.15) is 19.3 Å². The largest absolute Gasteiger partial charge is 0.447 e. The molecule has 0 aliphatic heterocycles. The number of alkyl carbamates (subject to hydrolysis) is 2. The summed E-state index contributed by atoms with van der Waals surface area (Å²) in [5, 5.41) is 7.78. The van der Waals surface area contributed by atoms with Crippen LogP contribution in [0.2, 0.25) is 0 Å². The summed E-state index contributed by atoms with van der Waals surface area (Å²) >= 11 is 0. The zero-order valence-corrected chi connectivity index (χ0v) is 15.4. The third kappa shape index (κ3) is 14.1. The molecule has 0 aliphatic rings. The van der Waals surface area contributed by atoms with E-state index in [1.165, 1.54) is 0 Å². The minimum atomic E-state index is -0.594. The second kappa shape index (κ2) is 15.5. The van der Waals surface area contributed by atoms with E-state index in [1.807, 2.05) is 6.92 Å². The average Bonchev–Trinajstić information content (AvgIpc) is 2.58. The topological polar surface area (TPSA) is 115 Å². The van der Waals surface area contributed by atoms with Crippen molar-refractivity contribution in [3.63, 3.8) is 0 Å². The van der Waals surface area contributed by atoms with Crippen molar-refractivity contribution in [3.8, 4) is 0 Å². The zero-order chi connectivity index (χ0) is 18.9. The maximum atomic E-state index is 11.5. The Morgan fingerprint density at radius 1 is 0.880 bits per heavy atom. The van der Waals surface area contributed by atoms with Crippen molar-refractivity contribution in [2.75, 3.05) is 39.5 Å². The van der Waals surface area contributed by atoms with Gasteiger partial charge >= 0.3 is 12.2 Å². The van der Waals surface area contributed by atoms with E-state index in [4.69, 9.17) is 14.2 Å². The fraction of sp³-hybridized carbons (Fsp3) is 0.812. The van der Waals surface area contributed by atoms with Crippen LogP contribution in [0.3, 0.4) is 0 Å². The Hall–Kier alpha value is -2.03. The van der Waals surface area contributed by atoms with E-state index in [1.54, 1.807) is 13.8 Å². The molecule has 3 amide bonds. The predicted molar refractivity (Wildman–Crippen MR) is 92.3 cm³/mol. The van der Waals surface area contributed by atoms with Crippen molar-refractivity contribution in [1.82, 2.24) is 16.0 Å². The standard InChI is InChI=1S/C16H31N3O6/c1-4-9-19-14(20)8-7-10-23-13(11-24-15(21)17-5-2)12-25-16(22)18-6-3/h13H,4-12H2,1-3H3,(H,17,21)(H,18,22)(H,19,20). The molecule has 0 heterocycles. The van der Waals surface area contributed by atoms with Gasteiger partial charge in [0.15, 0.2) is 0 Å². The Bertz CT molecular complexity index is 370. The first-order chi connectivity index (χ1) is 12.0. The Labute approximate surface area is 149 Å². The third-order valence-corrected chi connectivity index (χ3v) is 2.92. The highest BCUT2D eigenvalue weighted by Gasteiger charge is 2.15. The second-order valence-corrected chi connectivity index (χ2v) is 5.20. The molecular weight excluding hydrogens is 330 g/mol. The molecule has 0 rings (SSSR count). The molecule has 0 aliphatic carbocycles. The van der Waals surface area contributed by atoms with Crippen LogP contribution in [0.25, 0.3) is 0 Å². The Morgan fingerprint density at radius 2 is 1.44 bits per heavy atom. The number of ether oxygens (including phenoxy) is 3. The molecule has 0 bridgehead atoms. The molecule has 0 saturated heterocycles. The maximum absolute atomic E-state index is 11.5. The van der Waals surface area contributed by atoms with Crippen molar-refractivity contribution in [1.29, 1.82) is 0 Å². The van der Waals surface area contributed by atoms with Crippen molar-refractivity contribution in [2.24, 2.45) is 0 Å². The van der Waals surface area contributed by atoms with E-state index < -0.39 is 18.3 Å². The van der Waals surface area contributed by atoms with Gasteiger partial charge in [0.2, 0.25) is 5.91 Å². The molecule has 0 unspecified atom stereocenters. The van der Waals surface area contributed by atoms with E-state index in [9.17, 15) is 14.4 Å². The zero-order valence-electron chi connectivity index (χ0n) is 15.4. The molecule has 0 atom stereocenters. The summed E-state index contributed by atoms with van der Waals surface area (Å²) in [7, 11) is 0. The molecule has 0 radical (unpaired) electrons. The SMILES string of the molecule is CCCNC(=O)CCCOC(COC(=O)NCC)COC(=O)NCC. The molecule has 0 aromatic heterocycles. The van der Waals surface area contributed by atoms with Crippen LogP contribution < -0.4 is 16.0 Å². The summed E-state index contributed by atoms with van der Waals surface area (Å²) < 4.78 is 15.6. The monoisotopic (exact) mass is 361 g/mol. The fourth-order valence-corrected chi connectivity index (χ4v) is 1.71. The van der Waals surface area contributed by atoms with Crippen LogP contribution in [-0.4, -0.2) is 63.7 Å². The highest BCUT2D eigenvalue weighted by atomic mass is 16.6. The minimum Gasteiger partial charge on any atom is -0.447 e. The van der Waals surface area contributed by atoms with Crippen molar-refractivity contribution in [3.05, 3.63) is 0 Å². The molecule has 0 aromatic carbocycles. The van der Waals surface area contributed by atoms with Crippen molar-refractivity contribution in [2.45, 2.75) is 46.1 Å². The lowest BCUT2D eigenvalue weighted by Gasteiger charge is -2.18. The van der Waals surface area contributed by atoms with E-state index in [-0.39, 0.29) is 19.1 Å². The van der Waals surface area contributed by atoms with Gasteiger partial charge in [-0.1, -0.05) is 6.92 Å². The molecule has 0 aromatic rings. The quantitative estimate of drug-likeness (QED) is 0.424. The Balaban J connectivity index is 4.16. The second-order valence-electron chi connectivity index (χ2n) is 5.20. The van der Waals surface area contributed by atoms with E-state index >= 15 is 0 Å². The van der Waals surface area contributed by atoms with Crippen LogP contribution in [0.5, 0.6) is 0 Å². The Morgan fingerprint density at radius 3 is 1.92 bits per heavy atom. The summed E-state index contributed by atoms with van der Waals surface area (Å²) in [6, 6.07) is 0. The summed E-state index contributed by atoms with van der Waals surface area (Å²) in [5.74, 6) is -0.0286. The molecule has 0 fully saturated rings. The summed E-state index contributed by atoms with van der Waals surface area (Å²) in [6.45, 7) is 7.29. The van der Waals surface area contributed by atoms with E-state index in [2.05, 4.69) is 16.0 Å².